The molecule has 1 aliphatic rings. The molecule has 1 aromatic heterocycles. The number of H-pyrrole nitrogens is 1. The number of alkyl carbamates (subject to hydrolysis) is 1. The first-order chi connectivity index (χ1) is 20.7. The van der Waals surface area contributed by atoms with E-state index in [0.717, 1.165) is 5.56 Å². The van der Waals surface area contributed by atoms with Gasteiger partial charge in [-0.15, -0.1) is 0 Å². The molecular formula is C32H38F3N5O4. The molecule has 12 heteroatoms. The normalized spacial score (nSPS) is 17.9. The molecule has 0 bridgehead atoms. The Morgan fingerprint density at radius 3 is 2.20 bits per heavy atom. The smallest absolute Gasteiger partial charge is 0.433 e. The van der Waals surface area contributed by atoms with Crippen LogP contribution in [0.1, 0.15) is 79.9 Å². The number of nitrogens with two attached hydrogens (primary N) is 1. The van der Waals surface area contributed by atoms with Crippen LogP contribution in [-0.4, -0.2) is 40.0 Å². The maximum absolute atomic E-state index is 14.2. The van der Waals surface area contributed by atoms with Crippen molar-refractivity contribution in [2.24, 2.45) is 17.6 Å². The van der Waals surface area contributed by atoms with E-state index < -0.39 is 35.5 Å². The number of imidazole rings is 1. The number of carbonyl (C=O) groups excluding carboxylic acids is 3. The highest BCUT2D eigenvalue weighted by Gasteiger charge is 2.39. The van der Waals surface area contributed by atoms with Gasteiger partial charge in [-0.2, -0.15) is 13.2 Å². The molecule has 1 heterocycles. The van der Waals surface area contributed by atoms with E-state index in [4.69, 9.17) is 10.5 Å². The lowest BCUT2D eigenvalue weighted by molar-refractivity contribution is -0.140. The van der Waals surface area contributed by atoms with Crippen molar-refractivity contribution in [3.8, 4) is 11.3 Å². The molecule has 4 rings (SSSR count). The van der Waals surface area contributed by atoms with Crippen LogP contribution in [0.4, 0.5) is 18.0 Å². The van der Waals surface area contributed by atoms with E-state index in [-0.39, 0.29) is 46.8 Å². The molecule has 1 fully saturated rings. The number of aromatic amines is 1. The van der Waals surface area contributed by atoms with Crippen LogP contribution >= 0.6 is 0 Å². The highest BCUT2D eigenvalue weighted by molar-refractivity contribution is 5.93. The fourth-order valence-electron chi connectivity index (χ4n) is 5.29. The van der Waals surface area contributed by atoms with Gasteiger partial charge in [0.05, 0.1) is 6.04 Å². The van der Waals surface area contributed by atoms with Gasteiger partial charge in [0.25, 0.3) is 0 Å². The van der Waals surface area contributed by atoms with Gasteiger partial charge < -0.3 is 26.1 Å². The summed E-state index contributed by atoms with van der Waals surface area (Å²) in [6.45, 7) is 5.81. The van der Waals surface area contributed by atoms with Gasteiger partial charge in [-0.3, -0.25) is 9.59 Å². The first kappa shape index (κ1) is 32.6. The van der Waals surface area contributed by atoms with Crippen LogP contribution in [0.3, 0.4) is 0 Å². The Labute approximate surface area is 254 Å². The van der Waals surface area contributed by atoms with Crippen LogP contribution in [0, 0.1) is 11.8 Å². The Kier molecular flexibility index (Phi) is 10.0. The minimum atomic E-state index is -4.75. The number of nitrogens with zero attached hydrogens (tertiary/aromatic N) is 1. The molecule has 3 aromatic rings. The zero-order valence-electron chi connectivity index (χ0n) is 25.0. The molecule has 0 saturated heterocycles. The van der Waals surface area contributed by atoms with Crippen LogP contribution in [0.5, 0.6) is 0 Å². The average molecular weight is 614 g/mol. The first-order valence-corrected chi connectivity index (χ1v) is 14.6. The molecule has 1 aliphatic carbocycles. The Bertz CT molecular complexity index is 1440. The molecule has 0 unspecified atom stereocenters. The minimum Gasteiger partial charge on any atom is -0.444 e. The fourth-order valence-corrected chi connectivity index (χ4v) is 5.29. The number of hydrogen-bond donors (Lipinski definition) is 4. The van der Waals surface area contributed by atoms with Crippen molar-refractivity contribution in [2.45, 2.75) is 70.7 Å². The van der Waals surface area contributed by atoms with Crippen LogP contribution in [0.25, 0.3) is 11.3 Å². The first-order valence-electron chi connectivity index (χ1n) is 14.6. The lowest BCUT2D eigenvalue weighted by Gasteiger charge is -2.29. The van der Waals surface area contributed by atoms with Crippen LogP contribution in [0.2, 0.25) is 0 Å². The molecule has 44 heavy (non-hydrogen) atoms. The largest absolute Gasteiger partial charge is 0.444 e. The van der Waals surface area contributed by atoms with Crippen LogP contribution in [-0.2, 0) is 22.1 Å². The topological polar surface area (TPSA) is 139 Å². The second-order valence-corrected chi connectivity index (χ2v) is 12.1. The predicted molar refractivity (Wildman–Crippen MR) is 158 cm³/mol. The number of alkyl halides is 3. The van der Waals surface area contributed by atoms with E-state index in [1.165, 1.54) is 24.3 Å². The van der Waals surface area contributed by atoms with E-state index in [2.05, 4.69) is 20.6 Å². The zero-order chi connectivity index (χ0) is 32.1. The predicted octanol–water partition coefficient (Wildman–Crippen LogP) is 5.93. The Morgan fingerprint density at radius 2 is 1.64 bits per heavy atom. The van der Waals surface area contributed by atoms with Gasteiger partial charge in [0.2, 0.25) is 11.8 Å². The molecule has 1 atom stereocenters. The zero-order valence-corrected chi connectivity index (χ0v) is 25.0. The number of carbonyl (C=O) groups is 3. The summed E-state index contributed by atoms with van der Waals surface area (Å²) in [6, 6.07) is 13.7. The highest BCUT2D eigenvalue weighted by Crippen LogP contribution is 2.37. The number of hydrogen-bond acceptors (Lipinski definition) is 5. The minimum absolute atomic E-state index is 0.0289. The van der Waals surface area contributed by atoms with Crippen molar-refractivity contribution in [1.82, 2.24) is 20.6 Å². The van der Waals surface area contributed by atoms with Gasteiger partial charge in [0.15, 0.2) is 0 Å². The fraction of sp³-hybridized carbons (Fsp3) is 0.438. The molecule has 2 aromatic carbocycles. The quantitative estimate of drug-likeness (QED) is 0.237. The van der Waals surface area contributed by atoms with Gasteiger partial charge in [-0.25, -0.2) is 9.78 Å². The van der Waals surface area contributed by atoms with Gasteiger partial charge in [-0.1, -0.05) is 42.5 Å². The Balaban J connectivity index is 1.51. The van der Waals surface area contributed by atoms with Gasteiger partial charge in [0.1, 0.15) is 22.8 Å². The summed E-state index contributed by atoms with van der Waals surface area (Å²) >= 11 is 0. The molecular weight excluding hydrogens is 575 g/mol. The highest BCUT2D eigenvalue weighted by atomic mass is 19.4. The summed E-state index contributed by atoms with van der Waals surface area (Å²) in [5, 5.41) is 5.75. The summed E-state index contributed by atoms with van der Waals surface area (Å²) in [7, 11) is 0. The van der Waals surface area contributed by atoms with E-state index in [1.807, 2.05) is 30.3 Å². The number of halogens is 3. The number of benzene rings is 2. The monoisotopic (exact) mass is 613 g/mol. The van der Waals surface area contributed by atoms with E-state index in [9.17, 15) is 27.6 Å². The number of rotatable bonds is 9. The van der Waals surface area contributed by atoms with Gasteiger partial charge in [0, 0.05) is 23.6 Å². The lowest BCUT2D eigenvalue weighted by atomic mass is 9.81. The third-order valence-electron chi connectivity index (χ3n) is 7.53. The molecule has 1 saturated carbocycles. The standard InChI is InChI=1S/C32H38F3N5O4/c1-31(2,3)44-30(43)37-18-20-9-11-23(12-10-20)29(42)38-24(17-19-7-5-4-6-8-19)28-39-25(26(40-28)32(33,34)35)21-13-15-22(16-14-21)27(36)41/h4-8,13-16,20,23-24H,9-12,17-18H2,1-3H3,(H2,36,41)(H,37,43)(H,38,42)(H,39,40)/t20-,23-,24-/m0/s1. The van der Waals surface area contributed by atoms with Crippen molar-refractivity contribution in [3.05, 3.63) is 77.2 Å². The maximum Gasteiger partial charge on any atom is 0.433 e. The Hall–Kier alpha value is -4.35. The van der Waals surface area contributed by atoms with E-state index in [0.29, 0.717) is 32.2 Å². The maximum atomic E-state index is 14.2. The second kappa shape index (κ2) is 13.5. The van der Waals surface area contributed by atoms with Crippen molar-refractivity contribution < 1.29 is 32.3 Å². The number of nitrogens with one attached hydrogen (secondary N) is 3. The summed E-state index contributed by atoms with van der Waals surface area (Å²) in [5.41, 5.74) is 4.41. The molecule has 0 spiro atoms. The molecule has 9 nitrogen and oxygen atoms in total. The van der Waals surface area contributed by atoms with Crippen molar-refractivity contribution in [2.75, 3.05) is 6.54 Å². The summed E-state index contributed by atoms with van der Waals surface area (Å²) in [4.78, 5) is 43.7. The summed E-state index contributed by atoms with van der Waals surface area (Å²) in [6.07, 6.45) is -2.45. The van der Waals surface area contributed by atoms with Crippen molar-refractivity contribution in [1.29, 1.82) is 0 Å². The van der Waals surface area contributed by atoms with E-state index in [1.54, 1.807) is 20.8 Å². The van der Waals surface area contributed by atoms with Gasteiger partial charge >= 0.3 is 12.3 Å². The third kappa shape index (κ3) is 8.84. The molecule has 3 amide bonds. The molecule has 0 aliphatic heterocycles. The lowest BCUT2D eigenvalue weighted by Crippen LogP contribution is -2.39. The number of primary amides is 1. The van der Waals surface area contributed by atoms with Crippen molar-refractivity contribution in [3.63, 3.8) is 0 Å². The molecule has 5 N–H and O–H groups in total. The Morgan fingerprint density at radius 1 is 1.00 bits per heavy atom. The van der Waals surface area contributed by atoms with Crippen LogP contribution < -0.4 is 16.4 Å². The number of ether oxygens (including phenoxy) is 1. The van der Waals surface area contributed by atoms with Crippen LogP contribution in [0.15, 0.2) is 54.6 Å². The number of amides is 3. The SMILES string of the molecule is CC(C)(C)OC(=O)NC[C@H]1CC[C@H](C(=O)N[C@@H](Cc2ccccc2)c2nc(-c3ccc(C(N)=O)cc3)c(C(F)(F)F)[nH]2)CC1. The van der Waals surface area contributed by atoms with E-state index >= 15 is 0 Å². The molecule has 0 radical (unpaired) electrons. The molecule has 236 valence electrons. The summed E-state index contributed by atoms with van der Waals surface area (Å²) < 4.78 is 47.8. The summed E-state index contributed by atoms with van der Waals surface area (Å²) in [5.74, 6) is -1.13. The third-order valence-corrected chi connectivity index (χ3v) is 7.53. The number of aromatic nitrogens is 2. The van der Waals surface area contributed by atoms with Crippen molar-refractivity contribution >= 4 is 17.9 Å². The average Bonchev–Trinajstić information content (AvgIpc) is 3.42. The van der Waals surface area contributed by atoms with Gasteiger partial charge in [-0.05, 0) is 76.5 Å². The second-order valence-electron chi connectivity index (χ2n) is 12.1.